The number of piperidine rings is 1. The summed E-state index contributed by atoms with van der Waals surface area (Å²) in [6.45, 7) is 1.81. The monoisotopic (exact) mass is 208 g/mol. The quantitative estimate of drug-likeness (QED) is 0.737. The second-order valence-corrected chi connectivity index (χ2v) is 3.94. The van der Waals surface area contributed by atoms with Gasteiger partial charge in [0.15, 0.2) is 0 Å². The van der Waals surface area contributed by atoms with Crippen molar-refractivity contribution in [3.05, 3.63) is 12.4 Å². The summed E-state index contributed by atoms with van der Waals surface area (Å²) in [4.78, 5) is 11.8. The zero-order valence-corrected chi connectivity index (χ0v) is 8.86. The number of aryl methyl sites for hydroxylation is 1. The van der Waals surface area contributed by atoms with Crippen molar-refractivity contribution >= 4 is 11.6 Å². The first-order valence-corrected chi connectivity index (χ1v) is 5.26. The van der Waals surface area contributed by atoms with Gasteiger partial charge in [-0.1, -0.05) is 0 Å². The van der Waals surface area contributed by atoms with Crippen LogP contribution in [0.5, 0.6) is 0 Å². The lowest BCUT2D eigenvalue weighted by molar-refractivity contribution is -0.120. The van der Waals surface area contributed by atoms with Crippen molar-refractivity contribution in [3.8, 4) is 0 Å². The first-order valence-electron chi connectivity index (χ1n) is 5.26. The van der Waals surface area contributed by atoms with Gasteiger partial charge in [-0.3, -0.25) is 9.48 Å². The number of hydrogen-bond donors (Lipinski definition) is 2. The minimum atomic E-state index is 0.0928. The molecule has 2 N–H and O–H groups in total. The number of carbonyl (C=O) groups excluding carboxylic acids is 1. The number of anilines is 1. The summed E-state index contributed by atoms with van der Waals surface area (Å²) in [5, 5.41) is 10.1. The van der Waals surface area contributed by atoms with Gasteiger partial charge < -0.3 is 10.6 Å². The van der Waals surface area contributed by atoms with Gasteiger partial charge in [0, 0.05) is 19.8 Å². The molecule has 1 aliphatic heterocycles. The molecule has 0 bridgehead atoms. The highest BCUT2D eigenvalue weighted by Crippen LogP contribution is 2.13. The average Bonchev–Trinajstić information content (AvgIpc) is 2.65. The molecule has 2 rings (SSSR count). The highest BCUT2D eigenvalue weighted by Gasteiger charge is 2.20. The third kappa shape index (κ3) is 2.56. The fourth-order valence-corrected chi connectivity index (χ4v) is 1.81. The Labute approximate surface area is 88.8 Å². The molecule has 1 unspecified atom stereocenters. The zero-order valence-electron chi connectivity index (χ0n) is 8.86. The summed E-state index contributed by atoms with van der Waals surface area (Å²) >= 11 is 0. The maximum absolute atomic E-state index is 11.8. The standard InChI is InChI=1S/C10H16N4O/c1-14-7-9(6-12-14)13-10(15)8-3-2-4-11-5-8/h6-8,11H,2-5H2,1H3,(H,13,15). The van der Waals surface area contributed by atoms with E-state index >= 15 is 0 Å². The number of amides is 1. The van der Waals surface area contributed by atoms with Crippen molar-refractivity contribution < 1.29 is 4.79 Å². The minimum Gasteiger partial charge on any atom is -0.323 e. The van der Waals surface area contributed by atoms with E-state index in [2.05, 4.69) is 15.7 Å². The van der Waals surface area contributed by atoms with E-state index in [1.807, 2.05) is 7.05 Å². The molecular weight excluding hydrogens is 192 g/mol. The maximum atomic E-state index is 11.8. The normalized spacial score (nSPS) is 21.3. The molecule has 0 radical (unpaired) electrons. The van der Waals surface area contributed by atoms with E-state index in [0.29, 0.717) is 0 Å². The highest BCUT2D eigenvalue weighted by atomic mass is 16.1. The fraction of sp³-hybridized carbons (Fsp3) is 0.600. The molecule has 1 atom stereocenters. The molecule has 1 aliphatic rings. The summed E-state index contributed by atoms with van der Waals surface area (Å²) in [6, 6.07) is 0. The Kier molecular flexibility index (Phi) is 3.01. The number of aromatic nitrogens is 2. The van der Waals surface area contributed by atoms with Crippen LogP contribution in [0.25, 0.3) is 0 Å². The van der Waals surface area contributed by atoms with Crippen LogP contribution in [0.3, 0.4) is 0 Å². The Hall–Kier alpha value is -1.36. The van der Waals surface area contributed by atoms with Crippen molar-refractivity contribution in [1.82, 2.24) is 15.1 Å². The summed E-state index contributed by atoms with van der Waals surface area (Å²) < 4.78 is 1.68. The van der Waals surface area contributed by atoms with E-state index < -0.39 is 0 Å². The van der Waals surface area contributed by atoms with Gasteiger partial charge in [-0.05, 0) is 19.4 Å². The first-order chi connectivity index (χ1) is 7.25. The Morgan fingerprint density at radius 3 is 3.20 bits per heavy atom. The predicted molar refractivity (Wildman–Crippen MR) is 57.4 cm³/mol. The molecule has 1 aromatic heterocycles. The van der Waals surface area contributed by atoms with E-state index in [1.165, 1.54) is 0 Å². The Morgan fingerprint density at radius 1 is 1.73 bits per heavy atom. The fourth-order valence-electron chi connectivity index (χ4n) is 1.81. The van der Waals surface area contributed by atoms with E-state index in [9.17, 15) is 4.79 Å². The van der Waals surface area contributed by atoms with Gasteiger partial charge in [0.25, 0.3) is 0 Å². The lowest BCUT2D eigenvalue weighted by Crippen LogP contribution is -2.37. The number of hydrogen-bond acceptors (Lipinski definition) is 3. The van der Waals surface area contributed by atoms with Crippen LogP contribution in [-0.4, -0.2) is 28.8 Å². The summed E-state index contributed by atoms with van der Waals surface area (Å²) in [5.74, 6) is 0.189. The number of nitrogens with zero attached hydrogens (tertiary/aromatic N) is 2. The van der Waals surface area contributed by atoms with E-state index in [-0.39, 0.29) is 11.8 Å². The molecule has 1 aromatic rings. The minimum absolute atomic E-state index is 0.0928. The lowest BCUT2D eigenvalue weighted by Gasteiger charge is -2.21. The van der Waals surface area contributed by atoms with E-state index in [4.69, 9.17) is 0 Å². The van der Waals surface area contributed by atoms with Crippen molar-refractivity contribution in [3.63, 3.8) is 0 Å². The molecule has 1 amide bonds. The van der Waals surface area contributed by atoms with Crippen LogP contribution in [0.2, 0.25) is 0 Å². The van der Waals surface area contributed by atoms with Crippen LogP contribution >= 0.6 is 0 Å². The largest absolute Gasteiger partial charge is 0.323 e. The summed E-state index contributed by atoms with van der Waals surface area (Å²) in [7, 11) is 1.83. The van der Waals surface area contributed by atoms with Crippen LogP contribution < -0.4 is 10.6 Å². The third-order valence-electron chi connectivity index (χ3n) is 2.64. The Morgan fingerprint density at radius 2 is 2.60 bits per heavy atom. The molecule has 82 valence electrons. The number of nitrogens with one attached hydrogen (secondary N) is 2. The van der Waals surface area contributed by atoms with Gasteiger partial charge in [-0.15, -0.1) is 0 Å². The first kappa shape index (κ1) is 10.2. The molecule has 1 fully saturated rings. The number of carbonyl (C=O) groups is 1. The van der Waals surface area contributed by atoms with E-state index in [1.54, 1.807) is 17.1 Å². The lowest BCUT2D eigenvalue weighted by atomic mass is 9.99. The Bertz CT molecular complexity index is 341. The van der Waals surface area contributed by atoms with E-state index in [0.717, 1.165) is 31.6 Å². The van der Waals surface area contributed by atoms with Crippen LogP contribution in [0.4, 0.5) is 5.69 Å². The molecule has 0 aromatic carbocycles. The number of rotatable bonds is 2. The van der Waals surface area contributed by atoms with Crippen molar-refractivity contribution in [1.29, 1.82) is 0 Å². The smallest absolute Gasteiger partial charge is 0.228 e. The molecular formula is C10H16N4O. The van der Waals surface area contributed by atoms with Gasteiger partial charge in [-0.2, -0.15) is 5.10 Å². The molecule has 0 aliphatic carbocycles. The Balaban J connectivity index is 1.91. The summed E-state index contributed by atoms with van der Waals surface area (Å²) in [6.07, 6.45) is 5.51. The van der Waals surface area contributed by atoms with Crippen LogP contribution in [0, 0.1) is 5.92 Å². The van der Waals surface area contributed by atoms with Crippen molar-refractivity contribution in [2.45, 2.75) is 12.8 Å². The highest BCUT2D eigenvalue weighted by molar-refractivity contribution is 5.92. The van der Waals surface area contributed by atoms with Crippen LogP contribution in [0.15, 0.2) is 12.4 Å². The van der Waals surface area contributed by atoms with Gasteiger partial charge in [0.1, 0.15) is 0 Å². The van der Waals surface area contributed by atoms with Crippen LogP contribution in [0.1, 0.15) is 12.8 Å². The molecule has 0 spiro atoms. The van der Waals surface area contributed by atoms with Crippen LogP contribution in [-0.2, 0) is 11.8 Å². The maximum Gasteiger partial charge on any atom is 0.228 e. The van der Waals surface area contributed by atoms with Gasteiger partial charge >= 0.3 is 0 Å². The summed E-state index contributed by atoms with van der Waals surface area (Å²) in [5.41, 5.74) is 0.771. The topological polar surface area (TPSA) is 59.0 Å². The molecule has 5 heteroatoms. The van der Waals surface area contributed by atoms with Gasteiger partial charge in [0.05, 0.1) is 17.8 Å². The molecule has 0 saturated carbocycles. The predicted octanol–water partition coefficient (Wildman–Crippen LogP) is 0.358. The van der Waals surface area contributed by atoms with Gasteiger partial charge in [0.2, 0.25) is 5.91 Å². The molecule has 15 heavy (non-hydrogen) atoms. The molecule has 1 saturated heterocycles. The van der Waals surface area contributed by atoms with Crippen molar-refractivity contribution in [2.75, 3.05) is 18.4 Å². The molecule has 5 nitrogen and oxygen atoms in total. The van der Waals surface area contributed by atoms with Gasteiger partial charge in [-0.25, -0.2) is 0 Å². The SMILES string of the molecule is Cn1cc(NC(=O)C2CCCNC2)cn1. The molecule has 2 heterocycles. The second-order valence-electron chi connectivity index (χ2n) is 3.94. The average molecular weight is 208 g/mol. The second kappa shape index (κ2) is 4.44. The van der Waals surface area contributed by atoms with Crippen molar-refractivity contribution in [2.24, 2.45) is 13.0 Å². The third-order valence-corrected chi connectivity index (χ3v) is 2.64. The zero-order chi connectivity index (χ0) is 10.7.